The molecule has 7 nitrogen and oxygen atoms in total. The van der Waals surface area contributed by atoms with E-state index in [1.54, 1.807) is 43.3 Å². The lowest BCUT2D eigenvalue weighted by Gasteiger charge is -2.30. The third kappa shape index (κ3) is 4.51. The Hall–Kier alpha value is -2.45. The van der Waals surface area contributed by atoms with Crippen molar-refractivity contribution in [3.8, 4) is 11.5 Å². The second-order valence-electron chi connectivity index (χ2n) is 6.36. The van der Waals surface area contributed by atoms with Crippen molar-refractivity contribution in [2.24, 2.45) is 0 Å². The van der Waals surface area contributed by atoms with Crippen LogP contribution >= 0.6 is 11.6 Å². The highest BCUT2D eigenvalue weighted by molar-refractivity contribution is 7.92. The smallest absolute Gasteiger partial charge is 0.244 e. The number of halogens is 1. The molecule has 0 fully saturated rings. The summed E-state index contributed by atoms with van der Waals surface area (Å²) >= 11 is 5.90. The molecule has 28 heavy (non-hydrogen) atoms. The summed E-state index contributed by atoms with van der Waals surface area (Å²) < 4.78 is 36.5. The number of sulfonamides is 1. The van der Waals surface area contributed by atoms with Crippen LogP contribution in [0.5, 0.6) is 11.5 Å². The van der Waals surface area contributed by atoms with Crippen molar-refractivity contribution < 1.29 is 22.7 Å². The molecule has 1 heterocycles. The number of nitrogens with one attached hydrogen (secondary N) is 1. The van der Waals surface area contributed by atoms with E-state index in [9.17, 15) is 13.2 Å². The molecule has 0 spiro atoms. The van der Waals surface area contributed by atoms with Crippen LogP contribution in [0.25, 0.3) is 0 Å². The van der Waals surface area contributed by atoms with Crippen LogP contribution in [0.3, 0.4) is 0 Å². The van der Waals surface area contributed by atoms with Crippen molar-refractivity contribution in [2.45, 2.75) is 25.9 Å². The number of benzene rings is 2. The van der Waals surface area contributed by atoms with Crippen LogP contribution in [-0.4, -0.2) is 33.4 Å². The molecule has 0 aromatic heterocycles. The number of hydrogen-bond donors (Lipinski definition) is 1. The molecule has 1 aliphatic rings. The molecular weight excluding hydrogens is 404 g/mol. The molecule has 150 valence electrons. The van der Waals surface area contributed by atoms with Gasteiger partial charge in [-0.15, -0.1) is 0 Å². The number of amides is 1. The Balaban J connectivity index is 1.77. The second kappa shape index (κ2) is 8.28. The first kappa shape index (κ1) is 20.3. The number of carbonyl (C=O) groups excluding carboxylic acids is 1. The van der Waals surface area contributed by atoms with Gasteiger partial charge in [0.25, 0.3) is 0 Å². The molecule has 0 bridgehead atoms. The first-order valence-corrected chi connectivity index (χ1v) is 10.9. The number of ether oxygens (including phenoxy) is 2. The van der Waals surface area contributed by atoms with E-state index in [2.05, 4.69) is 5.32 Å². The molecule has 1 aliphatic heterocycles. The van der Waals surface area contributed by atoms with Gasteiger partial charge in [0.1, 0.15) is 6.04 Å². The summed E-state index contributed by atoms with van der Waals surface area (Å²) in [6.07, 6.45) is 1.39. The lowest BCUT2D eigenvalue weighted by molar-refractivity contribution is -0.122. The third-order valence-electron chi connectivity index (χ3n) is 4.31. The highest BCUT2D eigenvalue weighted by Crippen LogP contribution is 2.32. The molecule has 0 saturated carbocycles. The van der Waals surface area contributed by atoms with Gasteiger partial charge in [-0.3, -0.25) is 9.10 Å². The van der Waals surface area contributed by atoms with Crippen LogP contribution in [-0.2, 0) is 21.4 Å². The van der Waals surface area contributed by atoms with Crippen molar-refractivity contribution in [3.05, 3.63) is 53.1 Å². The van der Waals surface area contributed by atoms with Crippen molar-refractivity contribution >= 4 is 33.2 Å². The van der Waals surface area contributed by atoms with Crippen molar-refractivity contribution in [1.29, 1.82) is 0 Å². The number of anilines is 1. The van der Waals surface area contributed by atoms with E-state index in [0.717, 1.165) is 16.1 Å². The minimum absolute atomic E-state index is 0.174. The fourth-order valence-corrected chi connectivity index (χ4v) is 4.34. The Kier molecular flexibility index (Phi) is 6.00. The zero-order chi connectivity index (χ0) is 20.3. The number of rotatable bonds is 7. The monoisotopic (exact) mass is 424 g/mol. The Labute approximate surface area is 169 Å². The van der Waals surface area contributed by atoms with Gasteiger partial charge in [-0.2, -0.15) is 0 Å². The summed E-state index contributed by atoms with van der Waals surface area (Å²) in [4.78, 5) is 12.8. The van der Waals surface area contributed by atoms with Crippen molar-refractivity contribution in [3.63, 3.8) is 0 Å². The average Bonchev–Trinajstić information content (AvgIpc) is 3.12. The maximum Gasteiger partial charge on any atom is 0.244 e. The molecule has 1 N–H and O–H groups in total. The molecule has 2 aromatic rings. The van der Waals surface area contributed by atoms with E-state index in [1.165, 1.54) is 0 Å². The van der Waals surface area contributed by atoms with E-state index >= 15 is 0 Å². The van der Waals surface area contributed by atoms with Gasteiger partial charge in [-0.1, -0.05) is 24.6 Å². The Morgan fingerprint density at radius 1 is 1.18 bits per heavy atom. The number of carbonyl (C=O) groups is 1. The summed E-state index contributed by atoms with van der Waals surface area (Å²) in [5.41, 5.74) is 1.21. The van der Waals surface area contributed by atoms with E-state index in [0.29, 0.717) is 28.6 Å². The predicted octanol–water partition coefficient (Wildman–Crippen LogP) is 2.93. The van der Waals surface area contributed by atoms with Crippen molar-refractivity contribution in [1.82, 2.24) is 5.32 Å². The topological polar surface area (TPSA) is 84.9 Å². The highest BCUT2D eigenvalue weighted by atomic mass is 35.5. The molecule has 1 amide bonds. The van der Waals surface area contributed by atoms with Crippen LogP contribution in [0.1, 0.15) is 18.9 Å². The fourth-order valence-electron chi connectivity index (χ4n) is 3.01. The van der Waals surface area contributed by atoms with E-state index < -0.39 is 16.1 Å². The SMILES string of the molecule is CCC(C(=O)NCc1ccc2c(c1)OCO2)N(c1ccc(Cl)cc1)S(C)(=O)=O. The summed E-state index contributed by atoms with van der Waals surface area (Å²) in [6.45, 7) is 2.18. The Bertz CT molecular complexity index is 963. The summed E-state index contributed by atoms with van der Waals surface area (Å²) in [6, 6.07) is 10.8. The van der Waals surface area contributed by atoms with Crippen LogP contribution < -0.4 is 19.1 Å². The first-order chi connectivity index (χ1) is 13.3. The van der Waals surface area contributed by atoms with Gasteiger partial charge in [0.2, 0.25) is 22.7 Å². The highest BCUT2D eigenvalue weighted by Gasteiger charge is 2.31. The molecule has 0 radical (unpaired) electrons. The molecule has 0 saturated heterocycles. The van der Waals surface area contributed by atoms with Gasteiger partial charge in [0.15, 0.2) is 11.5 Å². The summed E-state index contributed by atoms with van der Waals surface area (Å²) in [5.74, 6) is 0.894. The predicted molar refractivity (Wildman–Crippen MR) is 107 cm³/mol. The first-order valence-electron chi connectivity index (χ1n) is 8.71. The number of nitrogens with zero attached hydrogens (tertiary/aromatic N) is 1. The van der Waals surface area contributed by atoms with Gasteiger partial charge in [-0.05, 0) is 48.4 Å². The minimum Gasteiger partial charge on any atom is -0.454 e. The lowest BCUT2D eigenvalue weighted by atomic mass is 10.1. The molecule has 9 heteroatoms. The molecule has 2 aromatic carbocycles. The Morgan fingerprint density at radius 2 is 1.86 bits per heavy atom. The molecule has 1 atom stereocenters. The largest absolute Gasteiger partial charge is 0.454 e. The van der Waals surface area contributed by atoms with E-state index in [1.807, 2.05) is 6.07 Å². The lowest BCUT2D eigenvalue weighted by Crippen LogP contribution is -2.49. The normalized spacial score (nSPS) is 13.8. The minimum atomic E-state index is -3.69. The fraction of sp³-hybridized carbons (Fsp3) is 0.316. The number of hydrogen-bond acceptors (Lipinski definition) is 5. The standard InChI is InChI=1S/C19H21ClN2O5S/c1-3-16(22(28(2,24)25)15-7-5-14(20)6-8-15)19(23)21-11-13-4-9-17-18(10-13)27-12-26-17/h4-10,16H,3,11-12H2,1-2H3,(H,21,23). The van der Waals surface area contributed by atoms with Crippen LogP contribution in [0.4, 0.5) is 5.69 Å². The maximum absolute atomic E-state index is 12.8. The van der Waals surface area contributed by atoms with Gasteiger partial charge in [0, 0.05) is 11.6 Å². The van der Waals surface area contributed by atoms with Crippen molar-refractivity contribution in [2.75, 3.05) is 17.4 Å². The quantitative estimate of drug-likeness (QED) is 0.738. The zero-order valence-electron chi connectivity index (χ0n) is 15.5. The van der Waals surface area contributed by atoms with Gasteiger partial charge >= 0.3 is 0 Å². The van der Waals surface area contributed by atoms with Crippen LogP contribution in [0.15, 0.2) is 42.5 Å². The summed E-state index contributed by atoms with van der Waals surface area (Å²) in [5, 5.41) is 3.29. The van der Waals surface area contributed by atoms with Crippen LogP contribution in [0, 0.1) is 0 Å². The molecular formula is C19H21ClN2O5S. The van der Waals surface area contributed by atoms with Gasteiger partial charge in [-0.25, -0.2) is 8.42 Å². The molecule has 0 aliphatic carbocycles. The van der Waals surface area contributed by atoms with E-state index in [4.69, 9.17) is 21.1 Å². The van der Waals surface area contributed by atoms with Gasteiger partial charge in [0.05, 0.1) is 11.9 Å². The number of fused-ring (bicyclic) bond motifs is 1. The zero-order valence-corrected chi connectivity index (χ0v) is 17.1. The third-order valence-corrected chi connectivity index (χ3v) is 5.75. The van der Waals surface area contributed by atoms with Gasteiger partial charge < -0.3 is 14.8 Å². The molecule has 1 unspecified atom stereocenters. The van der Waals surface area contributed by atoms with E-state index in [-0.39, 0.29) is 19.2 Å². The maximum atomic E-state index is 12.8. The average molecular weight is 425 g/mol. The second-order valence-corrected chi connectivity index (χ2v) is 8.66. The summed E-state index contributed by atoms with van der Waals surface area (Å²) in [7, 11) is -3.69. The van der Waals surface area contributed by atoms with Crippen LogP contribution in [0.2, 0.25) is 5.02 Å². The Morgan fingerprint density at radius 3 is 2.50 bits per heavy atom. The molecule has 3 rings (SSSR count).